The first-order chi connectivity index (χ1) is 71.0. The molecule has 12 amide bonds. The lowest BCUT2D eigenvalue weighted by molar-refractivity contribution is -0.177. The third-order valence-corrected chi connectivity index (χ3v) is 44.1. The molecule has 15 saturated heterocycles. The van der Waals surface area contributed by atoms with Crippen LogP contribution in [0.25, 0.3) is 0 Å². The number of rotatable bonds is 16. The second kappa shape index (κ2) is 45.3. The summed E-state index contributed by atoms with van der Waals surface area (Å²) >= 11 is 48.3. The minimum absolute atomic E-state index is 0.0105. The first-order valence-electron chi connectivity index (χ1n) is 48.8. The van der Waals surface area contributed by atoms with E-state index in [-0.39, 0.29) is 145 Å². The molecular weight excluding hydrogens is 2190 g/mol. The molecule has 4 aromatic rings. The Morgan fingerprint density at radius 3 is 1.21 bits per heavy atom. The molecule has 4 aliphatic carbocycles. The van der Waals surface area contributed by atoms with E-state index in [1.54, 1.807) is 70.1 Å². The number of piperazine rings is 6. The van der Waals surface area contributed by atoms with E-state index < -0.39 is 121 Å². The zero-order valence-electron chi connectivity index (χ0n) is 81.9. The number of aliphatic hydroxyl groups is 6. The van der Waals surface area contributed by atoms with Crippen LogP contribution in [0.3, 0.4) is 0 Å². The number of piperidine rings is 1. The van der Waals surface area contributed by atoms with Gasteiger partial charge in [0.25, 0.3) is 70.9 Å². The van der Waals surface area contributed by atoms with Crippen molar-refractivity contribution >= 4 is 250 Å². The van der Waals surface area contributed by atoms with Crippen LogP contribution in [-0.4, -0.2) is 365 Å². The minimum atomic E-state index is -1.43. The Hall–Kier alpha value is -6.38. The number of ether oxygens (including phenoxy) is 5. The van der Waals surface area contributed by atoms with Crippen molar-refractivity contribution in [1.82, 2.24) is 54.3 Å². The smallest absolute Gasteiger partial charge is 0.262 e. The average Bonchev–Trinajstić information content (AvgIpc) is 1.50. The lowest BCUT2D eigenvalue weighted by Crippen LogP contribution is -2.78. The molecule has 0 aromatic heterocycles. The maximum Gasteiger partial charge on any atom is 0.262 e. The number of benzene rings is 4. The van der Waals surface area contributed by atoms with E-state index in [2.05, 4.69) is 55.8 Å². The number of hydrogen-bond donors (Lipinski definition) is 15. The molecule has 18 fully saturated rings. The van der Waals surface area contributed by atoms with Gasteiger partial charge < -0.3 is 89.0 Å². The number of halogens is 2. The van der Waals surface area contributed by atoms with Crippen molar-refractivity contribution in [2.75, 3.05) is 85.8 Å². The Morgan fingerprint density at radius 1 is 0.416 bits per heavy atom. The van der Waals surface area contributed by atoms with Gasteiger partial charge in [-0.25, -0.2) is 0 Å². The molecular formula is C99H121Cl2N13O23S12. The second-order valence-electron chi connectivity index (χ2n) is 39.9. The first kappa shape index (κ1) is 114. The topological polar surface area (TPSA) is 423 Å². The number of carbonyl (C=O) groups excluding carboxylic acids is 12. The number of amides is 12. The number of methoxy groups -OCH3 is 4. The lowest BCUT2D eigenvalue weighted by atomic mass is 9.79. The lowest BCUT2D eigenvalue weighted by Gasteiger charge is -2.59. The van der Waals surface area contributed by atoms with Crippen LogP contribution in [0.4, 0.5) is 11.4 Å². The number of nitrogens with zero attached hydrogens (tertiary/aromatic N) is 12. The van der Waals surface area contributed by atoms with Crippen LogP contribution < -0.4 is 15.1 Å². The van der Waals surface area contributed by atoms with Crippen LogP contribution in [0.5, 0.6) is 0 Å². The van der Waals surface area contributed by atoms with E-state index in [1.807, 2.05) is 103 Å². The van der Waals surface area contributed by atoms with Crippen molar-refractivity contribution in [3.05, 3.63) is 180 Å². The third-order valence-electron chi connectivity index (χ3n) is 31.3. The number of carbonyl (C=O) groups is 12. The summed E-state index contributed by atoms with van der Waals surface area (Å²) in [5.41, 5.74) is 4.66. The van der Waals surface area contributed by atoms with Crippen molar-refractivity contribution in [3.8, 4) is 0 Å². The average molecular weight is 2320 g/mol. The number of fused-ring (bicyclic) bond motifs is 6. The van der Waals surface area contributed by atoms with Gasteiger partial charge in [-0.1, -0.05) is 158 Å². The Kier molecular flexibility index (Phi) is 34.6. The summed E-state index contributed by atoms with van der Waals surface area (Å²) in [7, 11) is 14.7. The quantitative estimate of drug-likeness (QED) is 0.0312. The fraction of sp³-hybridized carbons (Fsp3) is 0.556. The normalized spacial score (nSPS) is 38.0. The summed E-state index contributed by atoms with van der Waals surface area (Å²) in [6, 6.07) is 34.5. The molecule has 10 unspecified atom stereocenters. The van der Waals surface area contributed by atoms with Crippen molar-refractivity contribution in [3.63, 3.8) is 0 Å². The van der Waals surface area contributed by atoms with Gasteiger partial charge >= 0.3 is 0 Å². The van der Waals surface area contributed by atoms with E-state index >= 15 is 0 Å². The standard InChI is InChI=1S/C22H26N2O4S2.C18H24N2O6S2.C18H16N2O5S2.C17H27Cl2N3O2S2.C16H14N2O2S2.C8H14N2O4S2/c1-27-15-23-19(25)22(30,14-18-11-7-4-8-12-18)24(16-28-2)20(26)21(23,29)13-17-9-5-3-6-10-17;21-9-1-3-11(23)13-7(9)5-17-15(25)20-14-8(10(22)2-4-12(14)24)6-18(20,28-27-17)16(26)19(13)17;21-11-3-1-2-9-6-17-15(23)20-14-10(8-25-5-4-12(14)22)7-18(20,27-26-17)16(24)19(17)13(9)11;1-21-15(24)17(26,13-8-7-12(19)9-20-13)22(2)14(23)16(21,25)10-3-5-11(18)6-4-10;19-13-16(22)18(12-9-5-2-6-10-12)14(20)15(21)17(13)11-7-3-1-4-8-11;1-13-3-9-5(11)8(16)10(4-14-2)6(12)7(9)15/h3-12,29-30H,13-16H2,1-2H3;7-14,21-24H,1-6H2;1-5,8,11-14,21-22H,6-7H2;10-13,20,25-26H,3-9H2,1-2H3;1-10,15-16,21-22H;7-8,15-16H,3-4H2,1-2H3/t;7-,8-,9+,10+,11+,12+,13+,14+,17-,18-;11-,12-,13-,14-,17+,18+;;;/m.10.../s1. The number of aliphatic hydroxyl groups excluding tert-OH is 6. The summed E-state index contributed by atoms with van der Waals surface area (Å²) < 4.78 is 25.6. The van der Waals surface area contributed by atoms with Gasteiger partial charge in [-0.15, -0.1) is 124 Å². The number of nitrogens with one attached hydrogen (secondary N) is 1. The maximum absolute atomic E-state index is 13.8. The number of para-hydroxylation sites is 2. The summed E-state index contributed by atoms with van der Waals surface area (Å²) in [5, 5.41) is 63.6. The fourth-order valence-electron chi connectivity index (χ4n) is 23.9. The van der Waals surface area contributed by atoms with Gasteiger partial charge in [0.1, 0.15) is 26.9 Å². The summed E-state index contributed by atoms with van der Waals surface area (Å²) in [6.07, 6.45) is 13.5. The predicted molar refractivity (Wildman–Crippen MR) is 588 cm³/mol. The van der Waals surface area contributed by atoms with Crippen LogP contribution in [0.2, 0.25) is 0 Å². The van der Waals surface area contributed by atoms with Gasteiger partial charge in [-0.2, -0.15) is 0 Å². The highest BCUT2D eigenvalue weighted by Gasteiger charge is 2.81. The van der Waals surface area contributed by atoms with Gasteiger partial charge in [0, 0.05) is 121 Å². The minimum Gasteiger partial charge on any atom is -0.473 e. The zero-order chi connectivity index (χ0) is 107. The Bertz CT molecular complexity index is 5630. The van der Waals surface area contributed by atoms with E-state index in [0.29, 0.717) is 75.7 Å². The molecule has 16 aliphatic heterocycles. The van der Waals surface area contributed by atoms with Gasteiger partial charge in [0.05, 0.1) is 73.3 Å². The van der Waals surface area contributed by atoms with Crippen LogP contribution in [0.15, 0.2) is 169 Å². The van der Waals surface area contributed by atoms with E-state index in [9.17, 15) is 88.2 Å². The number of thiol groups is 8. The highest BCUT2D eigenvalue weighted by Crippen LogP contribution is 2.72. The Balaban J connectivity index is 0.000000123. The van der Waals surface area contributed by atoms with Crippen molar-refractivity contribution in [2.45, 2.75) is 241 Å². The molecule has 20 aliphatic rings. The number of allylic oxidation sites excluding steroid dienone is 2. The monoisotopic (exact) mass is 2310 g/mol. The molecule has 24 rings (SSSR count). The number of anilines is 2. The first-order valence-corrected chi connectivity index (χ1v) is 57.8. The third kappa shape index (κ3) is 19.5. The van der Waals surface area contributed by atoms with Gasteiger partial charge in [-0.3, -0.25) is 86.9 Å². The largest absolute Gasteiger partial charge is 0.473 e. The highest BCUT2D eigenvalue weighted by atomic mass is 35.5. The molecule has 50 heteroatoms. The molecule has 149 heavy (non-hydrogen) atoms. The zero-order valence-corrected chi connectivity index (χ0v) is 93.8. The Morgan fingerprint density at radius 2 is 0.792 bits per heavy atom. The molecule has 4 aromatic carbocycles. The SMILES string of the molecule is CN1C(=O)C(S)(C2CCC(Cl)CN2)N(C)C(=O)C1(S)C1CCC(Cl)CC1.COCN1C(=O)C(S)(Cc2ccccc2)N(COC)C(=O)C1(S)Cc1ccccc1.COCN1C(=O)C(S)N(COC)C(=O)C1S.O=C1C(S)N(c2ccccc2)C(=O)C(S)N1c1ccccc1.O=C1N2[C@H]3C(=COC=C[C@@H]3O)C[C@]23SS[C@]12CC1=CC=C[C@H](O)[C@H]1N2C3=O.O=C1N2[C@H]3[C@H](C[C@]24SS[C@]12C[C@H]1[C@@H]([C@@H](O)CC[C@@H]1O)N2C4=O)[C@@H](O)CC[C@@H]3O. The van der Waals surface area contributed by atoms with Crippen LogP contribution >= 0.6 is 167 Å². The fourth-order valence-corrected chi connectivity index (χ4v) is 35.2. The molecule has 806 valence electrons. The summed E-state index contributed by atoms with van der Waals surface area (Å²) in [4.78, 5) is 166. The van der Waals surface area contributed by atoms with E-state index in [1.165, 1.54) is 129 Å². The molecule has 16 heterocycles. The number of hydrogen-bond acceptors (Lipinski definition) is 36. The second-order valence-corrected chi connectivity index (χ2v) is 51.3. The maximum atomic E-state index is 13.8. The van der Waals surface area contributed by atoms with Crippen molar-refractivity contribution in [1.29, 1.82) is 0 Å². The highest BCUT2D eigenvalue weighted by molar-refractivity contribution is 8.78. The summed E-state index contributed by atoms with van der Waals surface area (Å²) in [6.45, 7) is 0.449. The van der Waals surface area contributed by atoms with Crippen LogP contribution in [0, 0.1) is 17.8 Å². The number of alkyl halides is 2. The van der Waals surface area contributed by atoms with Gasteiger partial charge in [0.15, 0.2) is 60.5 Å². The number of likely N-dealkylation sites (N-methyl/N-ethyl adjacent to an activating group) is 2. The van der Waals surface area contributed by atoms with Crippen LogP contribution in [0.1, 0.15) is 101 Å². The molecule has 0 radical (unpaired) electrons. The van der Waals surface area contributed by atoms with Crippen LogP contribution in [-0.2, 0) is 94.1 Å². The molecule has 3 saturated carbocycles. The van der Waals surface area contributed by atoms with Gasteiger partial charge in [-0.05, 0) is 130 Å². The van der Waals surface area contributed by atoms with E-state index in [4.69, 9.17) is 97.4 Å². The summed E-state index contributed by atoms with van der Waals surface area (Å²) in [5.74, 6) is -3.73. The molecule has 4 bridgehead atoms. The molecule has 4 spiro atoms. The van der Waals surface area contributed by atoms with Gasteiger partial charge in [0.2, 0.25) is 0 Å². The molecule has 7 N–H and O–H groups in total. The van der Waals surface area contributed by atoms with Crippen molar-refractivity contribution < 1.29 is 112 Å². The molecule has 26 atom stereocenters. The van der Waals surface area contributed by atoms with E-state index in [0.717, 1.165) is 54.4 Å². The van der Waals surface area contributed by atoms with Crippen molar-refractivity contribution in [2.24, 2.45) is 17.8 Å². The Labute approximate surface area is 932 Å². The molecule has 36 nitrogen and oxygen atoms in total. The predicted octanol–water partition coefficient (Wildman–Crippen LogP) is 6.77.